The molecule has 0 aliphatic heterocycles. The van der Waals surface area contributed by atoms with Crippen molar-refractivity contribution in [2.45, 2.75) is 18.9 Å². The zero-order chi connectivity index (χ0) is 15.8. The fraction of sp³-hybridized carbons (Fsp3) is 0.158. The van der Waals surface area contributed by atoms with Gasteiger partial charge in [0.1, 0.15) is 0 Å². The van der Waals surface area contributed by atoms with Gasteiger partial charge in [0, 0.05) is 16.1 Å². The van der Waals surface area contributed by atoms with Crippen LogP contribution in [0.4, 0.5) is 5.88 Å². The van der Waals surface area contributed by atoms with Crippen LogP contribution < -0.4 is 5.32 Å². The summed E-state index contributed by atoms with van der Waals surface area (Å²) in [6, 6.07) is 18.0. The molecule has 1 aliphatic rings. The third-order valence-electron chi connectivity index (χ3n) is 3.94. The molecule has 2 aromatic carbocycles. The topological polar surface area (TPSA) is 45.4 Å². The quantitative estimate of drug-likeness (QED) is 0.623. The van der Waals surface area contributed by atoms with Gasteiger partial charge in [0.15, 0.2) is 11.5 Å². The first-order valence-electron chi connectivity index (χ1n) is 7.66. The molecule has 1 heterocycles. The molecular weight excluding hydrogens is 354 g/mol. The molecule has 3 aromatic rings. The van der Waals surface area contributed by atoms with Crippen LogP contribution in [-0.2, 0) is 0 Å². The van der Waals surface area contributed by atoms with Crippen LogP contribution >= 0.6 is 15.9 Å². The maximum atomic E-state index is 10.8. The van der Waals surface area contributed by atoms with E-state index in [1.54, 1.807) is 0 Å². The van der Waals surface area contributed by atoms with E-state index in [-0.39, 0.29) is 5.75 Å². The average Bonchev–Trinajstić information content (AvgIpc) is 3.31. The molecule has 2 N–H and O–H groups in total. The predicted molar refractivity (Wildman–Crippen MR) is 95.6 cm³/mol. The molecule has 0 radical (unpaired) electrons. The van der Waals surface area contributed by atoms with E-state index in [9.17, 15) is 5.11 Å². The lowest BCUT2D eigenvalue weighted by molar-refractivity contribution is 0.466. The van der Waals surface area contributed by atoms with Crippen LogP contribution in [0.3, 0.4) is 0 Å². The van der Waals surface area contributed by atoms with Gasteiger partial charge in [-0.1, -0.05) is 58.4 Å². The largest absolute Gasteiger partial charge is 0.504 e. The highest BCUT2D eigenvalue weighted by molar-refractivity contribution is 9.10. The minimum Gasteiger partial charge on any atom is -0.504 e. The highest BCUT2D eigenvalue weighted by Gasteiger charge is 2.28. The van der Waals surface area contributed by atoms with Crippen LogP contribution in [0.1, 0.15) is 12.8 Å². The molecule has 4 heteroatoms. The van der Waals surface area contributed by atoms with E-state index in [1.807, 2.05) is 54.6 Å². The van der Waals surface area contributed by atoms with E-state index in [4.69, 9.17) is 4.42 Å². The Kier molecular flexibility index (Phi) is 3.62. The molecule has 116 valence electrons. The second kappa shape index (κ2) is 5.78. The molecule has 0 bridgehead atoms. The van der Waals surface area contributed by atoms with Gasteiger partial charge in [-0.05, 0) is 30.5 Å². The number of aromatic hydroxyl groups is 1. The van der Waals surface area contributed by atoms with Gasteiger partial charge in [0.05, 0.1) is 5.56 Å². The summed E-state index contributed by atoms with van der Waals surface area (Å²) in [7, 11) is 0. The lowest BCUT2D eigenvalue weighted by Gasteiger charge is -2.05. The van der Waals surface area contributed by atoms with Gasteiger partial charge >= 0.3 is 0 Å². The monoisotopic (exact) mass is 369 g/mol. The molecule has 0 spiro atoms. The van der Waals surface area contributed by atoms with E-state index in [2.05, 4.69) is 21.2 Å². The Balaban J connectivity index is 1.87. The van der Waals surface area contributed by atoms with E-state index in [1.165, 1.54) is 0 Å². The van der Waals surface area contributed by atoms with Crippen LogP contribution in [0.15, 0.2) is 63.5 Å². The van der Waals surface area contributed by atoms with Crippen molar-refractivity contribution < 1.29 is 9.52 Å². The van der Waals surface area contributed by atoms with E-state index in [0.717, 1.165) is 34.0 Å². The Morgan fingerprint density at radius 3 is 2.43 bits per heavy atom. The van der Waals surface area contributed by atoms with Gasteiger partial charge in [-0.3, -0.25) is 0 Å². The van der Waals surface area contributed by atoms with Gasteiger partial charge in [0.2, 0.25) is 5.88 Å². The second-order valence-electron chi connectivity index (χ2n) is 5.78. The number of anilines is 1. The van der Waals surface area contributed by atoms with Crippen molar-refractivity contribution in [2.24, 2.45) is 0 Å². The van der Waals surface area contributed by atoms with Crippen molar-refractivity contribution in [1.29, 1.82) is 0 Å². The molecule has 1 fully saturated rings. The highest BCUT2D eigenvalue weighted by Crippen LogP contribution is 2.47. The fourth-order valence-electron chi connectivity index (χ4n) is 2.63. The van der Waals surface area contributed by atoms with Crippen LogP contribution in [-0.4, -0.2) is 11.1 Å². The first-order valence-corrected chi connectivity index (χ1v) is 8.45. The molecule has 4 rings (SSSR count). The summed E-state index contributed by atoms with van der Waals surface area (Å²) in [5.41, 5.74) is 2.51. The standard InChI is InChI=1S/C19H16BrNO2/c20-14-8-4-7-13(11-14)16-17(22)18(12-5-2-1-3-6-12)23-19(16)21-15-9-10-15/h1-8,11,15,21-22H,9-10H2. The zero-order valence-corrected chi connectivity index (χ0v) is 14.0. The molecule has 23 heavy (non-hydrogen) atoms. The Hall–Kier alpha value is -2.20. The Morgan fingerprint density at radius 1 is 1.00 bits per heavy atom. The van der Waals surface area contributed by atoms with Crippen molar-refractivity contribution in [3.63, 3.8) is 0 Å². The Morgan fingerprint density at radius 2 is 1.74 bits per heavy atom. The van der Waals surface area contributed by atoms with Gasteiger partial charge in [-0.15, -0.1) is 0 Å². The average molecular weight is 370 g/mol. The minimum atomic E-state index is 0.178. The summed E-state index contributed by atoms with van der Waals surface area (Å²) in [6.45, 7) is 0. The summed E-state index contributed by atoms with van der Waals surface area (Å²) in [4.78, 5) is 0. The first-order chi connectivity index (χ1) is 11.2. The number of halogens is 1. The molecular formula is C19H16BrNO2. The number of nitrogens with one attached hydrogen (secondary N) is 1. The Labute approximate surface area is 143 Å². The SMILES string of the molecule is Oc1c(-c2ccccc2)oc(NC2CC2)c1-c1cccc(Br)c1. The van der Waals surface area contributed by atoms with Gasteiger partial charge in [-0.2, -0.15) is 0 Å². The third kappa shape index (κ3) is 2.86. The molecule has 0 atom stereocenters. The summed E-state index contributed by atoms with van der Waals surface area (Å²) in [5.74, 6) is 1.32. The van der Waals surface area contributed by atoms with Gasteiger partial charge < -0.3 is 14.8 Å². The first kappa shape index (κ1) is 14.4. The van der Waals surface area contributed by atoms with Crippen LogP contribution in [0.5, 0.6) is 5.75 Å². The second-order valence-corrected chi connectivity index (χ2v) is 6.69. The number of benzene rings is 2. The lowest BCUT2D eigenvalue weighted by atomic mass is 10.0. The zero-order valence-electron chi connectivity index (χ0n) is 12.4. The number of hydrogen-bond donors (Lipinski definition) is 2. The highest BCUT2D eigenvalue weighted by atomic mass is 79.9. The minimum absolute atomic E-state index is 0.178. The molecule has 0 unspecified atom stereocenters. The predicted octanol–water partition coefficient (Wildman–Crippen LogP) is 5.66. The summed E-state index contributed by atoms with van der Waals surface area (Å²) in [5, 5.41) is 14.2. The van der Waals surface area contributed by atoms with Crippen molar-refractivity contribution >= 4 is 21.8 Å². The molecule has 1 aliphatic carbocycles. The van der Waals surface area contributed by atoms with Crippen molar-refractivity contribution in [1.82, 2.24) is 0 Å². The molecule has 1 saturated carbocycles. The fourth-order valence-corrected chi connectivity index (χ4v) is 3.03. The van der Waals surface area contributed by atoms with Crippen LogP contribution in [0, 0.1) is 0 Å². The van der Waals surface area contributed by atoms with E-state index >= 15 is 0 Å². The summed E-state index contributed by atoms with van der Waals surface area (Å²) in [6.07, 6.45) is 2.28. The molecule has 0 amide bonds. The molecule has 3 nitrogen and oxygen atoms in total. The maximum Gasteiger partial charge on any atom is 0.205 e. The maximum absolute atomic E-state index is 10.8. The normalized spacial score (nSPS) is 14.0. The van der Waals surface area contributed by atoms with Gasteiger partial charge in [0.25, 0.3) is 0 Å². The van der Waals surface area contributed by atoms with Crippen LogP contribution in [0.2, 0.25) is 0 Å². The molecule has 0 saturated heterocycles. The number of rotatable bonds is 4. The van der Waals surface area contributed by atoms with Crippen molar-refractivity contribution in [2.75, 3.05) is 5.32 Å². The van der Waals surface area contributed by atoms with Crippen molar-refractivity contribution in [3.8, 4) is 28.2 Å². The number of furan rings is 1. The molecule has 1 aromatic heterocycles. The van der Waals surface area contributed by atoms with Crippen molar-refractivity contribution in [3.05, 3.63) is 59.1 Å². The summed E-state index contributed by atoms with van der Waals surface area (Å²) < 4.78 is 6.97. The third-order valence-corrected chi connectivity index (χ3v) is 4.44. The van der Waals surface area contributed by atoms with E-state index in [0.29, 0.717) is 17.7 Å². The smallest absolute Gasteiger partial charge is 0.205 e. The number of hydrogen-bond acceptors (Lipinski definition) is 3. The Bertz CT molecular complexity index is 838. The van der Waals surface area contributed by atoms with Gasteiger partial charge in [-0.25, -0.2) is 0 Å². The lowest BCUT2D eigenvalue weighted by Crippen LogP contribution is -2.00. The van der Waals surface area contributed by atoms with Crippen LogP contribution in [0.25, 0.3) is 22.5 Å². The summed E-state index contributed by atoms with van der Waals surface area (Å²) >= 11 is 3.49. The van der Waals surface area contributed by atoms with E-state index < -0.39 is 0 Å².